The fourth-order valence-corrected chi connectivity index (χ4v) is 1.26. The number of nitrogens with two attached hydrogens (primary N) is 1. The molecular weight excluding hydrogens is 197 g/mol. The Balaban J connectivity index is 2.77. The van der Waals surface area contributed by atoms with Gasteiger partial charge in [-0.1, -0.05) is 6.07 Å². The van der Waals surface area contributed by atoms with Crippen LogP contribution in [-0.4, -0.2) is 18.3 Å². The van der Waals surface area contributed by atoms with Gasteiger partial charge >= 0.3 is 0 Å². The first kappa shape index (κ1) is 11.9. The van der Waals surface area contributed by atoms with Gasteiger partial charge in [-0.15, -0.1) is 0 Å². The molecule has 0 saturated heterocycles. The van der Waals surface area contributed by atoms with Crippen LogP contribution in [0.15, 0.2) is 18.2 Å². The van der Waals surface area contributed by atoms with E-state index in [2.05, 4.69) is 0 Å². The summed E-state index contributed by atoms with van der Waals surface area (Å²) < 4.78 is 18.3. The average Bonchev–Trinajstić information content (AvgIpc) is 2.18. The Kier molecular flexibility index (Phi) is 4.52. The maximum Gasteiger partial charge on any atom is 0.126 e. The van der Waals surface area contributed by atoms with Crippen LogP contribution in [0.4, 0.5) is 4.39 Å². The van der Waals surface area contributed by atoms with Crippen LogP contribution in [0, 0.1) is 5.82 Å². The molecule has 0 aliphatic rings. The molecule has 0 radical (unpaired) electrons. The molecule has 0 saturated carbocycles. The van der Waals surface area contributed by atoms with E-state index in [1.54, 1.807) is 6.07 Å². The first-order chi connectivity index (χ1) is 7.15. The van der Waals surface area contributed by atoms with Crippen molar-refractivity contribution in [1.29, 1.82) is 0 Å². The van der Waals surface area contributed by atoms with Crippen LogP contribution in [0.25, 0.3) is 0 Å². The summed E-state index contributed by atoms with van der Waals surface area (Å²) >= 11 is 0. The second kappa shape index (κ2) is 5.68. The lowest BCUT2D eigenvalue weighted by atomic mass is 10.1. The van der Waals surface area contributed by atoms with Gasteiger partial charge in [-0.05, 0) is 13.0 Å². The lowest BCUT2D eigenvalue weighted by molar-refractivity contribution is 0.231. The summed E-state index contributed by atoms with van der Waals surface area (Å²) in [5, 5.41) is 8.60. The number of rotatable bonds is 5. The van der Waals surface area contributed by atoms with Gasteiger partial charge < -0.3 is 15.6 Å². The quantitative estimate of drug-likeness (QED) is 0.730. The zero-order valence-corrected chi connectivity index (χ0v) is 8.74. The number of hydrogen-bond acceptors (Lipinski definition) is 3. The van der Waals surface area contributed by atoms with Gasteiger partial charge in [-0.2, -0.15) is 0 Å². The lowest BCUT2D eigenvalue weighted by Gasteiger charge is -2.13. The summed E-state index contributed by atoms with van der Waals surface area (Å²) in [5.41, 5.74) is 6.49. The van der Waals surface area contributed by atoms with Crippen LogP contribution < -0.4 is 10.5 Å². The van der Waals surface area contributed by atoms with Gasteiger partial charge in [-0.3, -0.25) is 0 Å². The molecule has 84 valence electrons. The van der Waals surface area contributed by atoms with E-state index in [0.29, 0.717) is 18.8 Å². The predicted octanol–water partition coefficient (Wildman–Crippen LogP) is 1.61. The summed E-state index contributed by atoms with van der Waals surface area (Å²) in [7, 11) is 0. The highest BCUT2D eigenvalue weighted by Crippen LogP contribution is 2.24. The number of aliphatic hydroxyl groups is 1. The van der Waals surface area contributed by atoms with E-state index in [4.69, 9.17) is 15.6 Å². The van der Waals surface area contributed by atoms with Crippen LogP contribution in [0.5, 0.6) is 5.75 Å². The average molecular weight is 213 g/mol. The van der Waals surface area contributed by atoms with Crippen LogP contribution >= 0.6 is 0 Å². The zero-order chi connectivity index (χ0) is 11.3. The van der Waals surface area contributed by atoms with Crippen molar-refractivity contribution in [2.45, 2.75) is 19.4 Å². The van der Waals surface area contributed by atoms with Crippen molar-refractivity contribution >= 4 is 0 Å². The van der Waals surface area contributed by atoms with Crippen LogP contribution in [-0.2, 0) is 0 Å². The van der Waals surface area contributed by atoms with Crippen LogP contribution in [0.3, 0.4) is 0 Å². The minimum atomic E-state index is -0.349. The first-order valence-corrected chi connectivity index (χ1v) is 4.94. The Hall–Kier alpha value is -1.13. The summed E-state index contributed by atoms with van der Waals surface area (Å²) in [6, 6.07) is 4.09. The number of aliphatic hydroxyl groups excluding tert-OH is 1. The van der Waals surface area contributed by atoms with Crippen LogP contribution in [0.1, 0.15) is 24.9 Å². The highest BCUT2D eigenvalue weighted by molar-refractivity contribution is 5.36. The Morgan fingerprint density at radius 3 is 2.87 bits per heavy atom. The molecule has 4 heteroatoms. The maximum absolute atomic E-state index is 12.9. The van der Waals surface area contributed by atoms with Crippen molar-refractivity contribution in [1.82, 2.24) is 0 Å². The number of hydrogen-bond donors (Lipinski definition) is 2. The van der Waals surface area contributed by atoms with Gasteiger partial charge in [0.25, 0.3) is 0 Å². The molecule has 1 aromatic carbocycles. The van der Waals surface area contributed by atoms with Crippen LogP contribution in [0.2, 0.25) is 0 Å². The molecule has 0 fully saturated rings. The minimum absolute atomic E-state index is 0.0584. The van der Waals surface area contributed by atoms with Crippen molar-refractivity contribution in [2.75, 3.05) is 13.2 Å². The molecule has 0 unspecified atom stereocenters. The third-order valence-corrected chi connectivity index (χ3v) is 2.03. The smallest absolute Gasteiger partial charge is 0.126 e. The molecule has 0 bridgehead atoms. The molecule has 0 aliphatic carbocycles. The van der Waals surface area contributed by atoms with Gasteiger partial charge in [0.1, 0.15) is 11.6 Å². The fourth-order valence-electron chi connectivity index (χ4n) is 1.26. The van der Waals surface area contributed by atoms with Crippen molar-refractivity contribution in [3.8, 4) is 5.75 Å². The van der Waals surface area contributed by atoms with E-state index in [1.807, 2.05) is 6.92 Å². The highest BCUT2D eigenvalue weighted by Gasteiger charge is 2.08. The highest BCUT2D eigenvalue weighted by atomic mass is 19.1. The van der Waals surface area contributed by atoms with Crippen molar-refractivity contribution in [2.24, 2.45) is 5.73 Å². The molecule has 3 N–H and O–H groups in total. The van der Waals surface area contributed by atoms with E-state index >= 15 is 0 Å². The largest absolute Gasteiger partial charge is 0.493 e. The molecule has 1 rings (SSSR count). The molecular formula is C11H16FNO2. The monoisotopic (exact) mass is 213 g/mol. The molecule has 3 nitrogen and oxygen atoms in total. The molecule has 0 heterocycles. The summed E-state index contributed by atoms with van der Waals surface area (Å²) in [6.07, 6.45) is 0.523. The van der Waals surface area contributed by atoms with Crippen molar-refractivity contribution in [3.05, 3.63) is 29.6 Å². The van der Waals surface area contributed by atoms with Crippen molar-refractivity contribution in [3.63, 3.8) is 0 Å². The zero-order valence-electron chi connectivity index (χ0n) is 8.74. The molecule has 0 spiro atoms. The molecule has 0 aromatic heterocycles. The SMILES string of the molecule is C[C@H](N)c1ccc(F)cc1OCCCO. The van der Waals surface area contributed by atoms with Crippen molar-refractivity contribution < 1.29 is 14.2 Å². The maximum atomic E-state index is 12.9. The van der Waals surface area contributed by atoms with Gasteiger partial charge in [0, 0.05) is 30.7 Å². The fraction of sp³-hybridized carbons (Fsp3) is 0.455. The molecule has 1 atom stereocenters. The summed E-state index contributed by atoms with van der Waals surface area (Å²) in [6.45, 7) is 2.23. The molecule has 0 amide bonds. The lowest BCUT2D eigenvalue weighted by Crippen LogP contribution is -2.09. The second-order valence-electron chi connectivity index (χ2n) is 3.40. The summed E-state index contributed by atoms with van der Waals surface area (Å²) in [5.74, 6) is 0.108. The minimum Gasteiger partial charge on any atom is -0.493 e. The van der Waals surface area contributed by atoms with E-state index in [1.165, 1.54) is 12.1 Å². The number of benzene rings is 1. The third kappa shape index (κ3) is 3.49. The Morgan fingerprint density at radius 2 is 2.27 bits per heavy atom. The molecule has 15 heavy (non-hydrogen) atoms. The number of ether oxygens (including phenoxy) is 1. The third-order valence-electron chi connectivity index (χ3n) is 2.03. The Labute approximate surface area is 88.7 Å². The summed E-state index contributed by atoms with van der Waals surface area (Å²) in [4.78, 5) is 0. The Bertz CT molecular complexity index is 315. The topological polar surface area (TPSA) is 55.5 Å². The Morgan fingerprint density at radius 1 is 1.53 bits per heavy atom. The van der Waals surface area contributed by atoms with Gasteiger partial charge in [0.2, 0.25) is 0 Å². The van der Waals surface area contributed by atoms with E-state index in [-0.39, 0.29) is 18.5 Å². The standard InChI is InChI=1S/C11H16FNO2/c1-8(13)10-4-3-9(12)7-11(10)15-6-2-5-14/h3-4,7-8,14H,2,5-6,13H2,1H3/t8-/m0/s1. The number of halogens is 1. The van der Waals surface area contributed by atoms with E-state index in [0.717, 1.165) is 5.56 Å². The van der Waals surface area contributed by atoms with Gasteiger partial charge in [0.05, 0.1) is 6.61 Å². The van der Waals surface area contributed by atoms with E-state index in [9.17, 15) is 4.39 Å². The van der Waals surface area contributed by atoms with Gasteiger partial charge in [0.15, 0.2) is 0 Å². The molecule has 1 aromatic rings. The first-order valence-electron chi connectivity index (χ1n) is 4.94. The second-order valence-corrected chi connectivity index (χ2v) is 3.40. The normalized spacial score (nSPS) is 12.5. The van der Waals surface area contributed by atoms with Gasteiger partial charge in [-0.25, -0.2) is 4.39 Å². The predicted molar refractivity (Wildman–Crippen MR) is 56.2 cm³/mol. The van der Waals surface area contributed by atoms with E-state index < -0.39 is 0 Å². The molecule has 0 aliphatic heterocycles.